The summed E-state index contributed by atoms with van der Waals surface area (Å²) in [6.07, 6.45) is -4.83. The second-order valence-corrected chi connectivity index (χ2v) is 19.5. The second kappa shape index (κ2) is 24.2. The first-order valence-electron chi connectivity index (χ1n) is 26.1. The van der Waals surface area contributed by atoms with Crippen molar-refractivity contribution < 1.29 is 53.0 Å². The number of aromatic amines is 1. The molecule has 6 aromatic carbocycles. The Labute approximate surface area is 463 Å². The van der Waals surface area contributed by atoms with E-state index in [4.69, 9.17) is 20.6 Å². The number of nitrogens with zero attached hydrogens (tertiary/aromatic N) is 5. The molecule has 2 fully saturated rings. The van der Waals surface area contributed by atoms with E-state index in [0.29, 0.717) is 71.2 Å². The highest BCUT2D eigenvalue weighted by Gasteiger charge is 2.41. The molecule has 0 bridgehead atoms. The van der Waals surface area contributed by atoms with Crippen LogP contribution in [0.4, 0.5) is 22.7 Å². The predicted molar refractivity (Wildman–Crippen MR) is 296 cm³/mol. The Morgan fingerprint density at radius 2 is 1.02 bits per heavy atom. The minimum atomic E-state index is -1.79. The van der Waals surface area contributed by atoms with Gasteiger partial charge in [-0.2, -0.15) is 0 Å². The van der Waals surface area contributed by atoms with E-state index in [9.17, 15) is 43.8 Å². The van der Waals surface area contributed by atoms with Crippen molar-refractivity contribution in [2.24, 2.45) is 5.73 Å². The van der Waals surface area contributed by atoms with Crippen molar-refractivity contribution in [3.05, 3.63) is 195 Å². The Balaban J connectivity index is 0.000000182. The number of carbonyl (C=O) groups excluding carboxylic acids is 6. The Bertz CT molecular complexity index is 3590. The number of ether oxygens (including phenoxy) is 2. The summed E-state index contributed by atoms with van der Waals surface area (Å²) in [6, 6.07) is 42.2. The standard InChI is InChI=1S/C30H27N5O7.C29H29N5O5/c36-24(27(37)31-22-10-8-19(9-11-22)26-32-30(40)42-33-26)25-29(39)35(14-15-41-25)23-7-3-6-20(16-23)28(38)34-13-12-18-4-1-2-5-21(18)17-34;30-26(31)19-8-10-22(11-9-19)32-27(36)24(35)25-29(38)34(14-15-39-25)23-7-3-6-20(16-23)28(37)33-13-12-18-4-1-2-5-21(18)17-33/h1-11,16,24-25,36H,12-15,17H2,(H,31,37)(H,32,33,40);1-11,16,24-25,35H,12-15,17H2,(H3,30,31)(H,32,36)/t2*24-,25-/m11/s1. The van der Waals surface area contributed by atoms with Crippen molar-refractivity contribution in [2.45, 2.75) is 50.3 Å². The van der Waals surface area contributed by atoms with Crippen molar-refractivity contribution in [3.8, 4) is 11.4 Å². The summed E-state index contributed by atoms with van der Waals surface area (Å²) in [5.74, 6) is -3.64. The number of hydrogen-bond acceptors (Lipinski definition) is 14. The maximum atomic E-state index is 13.4. The fourth-order valence-corrected chi connectivity index (χ4v) is 10.0. The number of hydrogen-bond donors (Lipinski definition) is 7. The number of benzene rings is 6. The Hall–Kier alpha value is -9.61. The van der Waals surface area contributed by atoms with E-state index in [2.05, 4.69) is 37.4 Å². The van der Waals surface area contributed by atoms with Crippen LogP contribution in [0.5, 0.6) is 0 Å². The van der Waals surface area contributed by atoms with Crippen LogP contribution in [0, 0.1) is 5.41 Å². The number of morpholine rings is 2. The van der Waals surface area contributed by atoms with Gasteiger partial charge in [-0.1, -0.05) is 65.8 Å². The van der Waals surface area contributed by atoms with Crippen LogP contribution in [0.2, 0.25) is 0 Å². The molecule has 5 heterocycles. The molecule has 0 radical (unpaired) electrons. The number of amides is 6. The maximum absolute atomic E-state index is 13.4. The molecule has 6 amide bonds. The zero-order valence-corrected chi connectivity index (χ0v) is 43.5. The number of H-pyrrole nitrogens is 1. The predicted octanol–water partition coefficient (Wildman–Crippen LogP) is 3.86. The second-order valence-electron chi connectivity index (χ2n) is 19.5. The maximum Gasteiger partial charge on any atom is 0.439 e. The summed E-state index contributed by atoms with van der Waals surface area (Å²) in [6.45, 7) is 2.86. The molecule has 0 unspecified atom stereocenters. The van der Waals surface area contributed by atoms with E-state index in [0.717, 1.165) is 24.0 Å². The van der Waals surface area contributed by atoms with Gasteiger partial charge in [0.1, 0.15) is 5.84 Å². The highest BCUT2D eigenvalue weighted by molar-refractivity contribution is 6.06. The molecule has 11 rings (SSSR count). The lowest BCUT2D eigenvalue weighted by Gasteiger charge is -2.34. The average Bonchev–Trinajstić information content (AvgIpc) is 3.95. The monoisotopic (exact) mass is 1100 g/mol. The third-order valence-electron chi connectivity index (χ3n) is 14.3. The van der Waals surface area contributed by atoms with E-state index in [1.165, 1.54) is 20.9 Å². The molecule has 1 aromatic heterocycles. The van der Waals surface area contributed by atoms with Gasteiger partial charge in [-0.15, -0.1) is 0 Å². The molecule has 81 heavy (non-hydrogen) atoms. The van der Waals surface area contributed by atoms with E-state index >= 15 is 0 Å². The number of nitrogen functional groups attached to an aromatic ring is 1. The molecule has 4 atom stereocenters. The number of nitrogens with one attached hydrogen (secondary N) is 4. The number of anilines is 4. The number of fused-ring (bicyclic) bond motifs is 2. The van der Waals surface area contributed by atoms with Crippen LogP contribution in [0.25, 0.3) is 11.4 Å². The van der Waals surface area contributed by atoms with Crippen LogP contribution < -0.4 is 31.9 Å². The summed E-state index contributed by atoms with van der Waals surface area (Å²) in [5.41, 5.74) is 13.8. The van der Waals surface area contributed by atoms with Gasteiger partial charge in [0.2, 0.25) is 0 Å². The van der Waals surface area contributed by atoms with Gasteiger partial charge in [-0.05, 0) is 120 Å². The molecule has 22 nitrogen and oxygen atoms in total. The summed E-state index contributed by atoms with van der Waals surface area (Å²) < 4.78 is 15.5. The van der Waals surface area contributed by atoms with Crippen LogP contribution in [0.15, 0.2) is 155 Å². The van der Waals surface area contributed by atoms with Crippen LogP contribution in [0.3, 0.4) is 0 Å². The molecule has 0 saturated carbocycles. The summed E-state index contributed by atoms with van der Waals surface area (Å²) in [7, 11) is 0. The number of amidine groups is 1. The van der Waals surface area contributed by atoms with Crippen molar-refractivity contribution >= 4 is 64.0 Å². The minimum Gasteiger partial charge on any atom is -0.384 e. The number of nitrogens with two attached hydrogens (primary N) is 1. The third-order valence-corrected chi connectivity index (χ3v) is 14.3. The van der Waals surface area contributed by atoms with E-state index in [1.54, 1.807) is 107 Å². The van der Waals surface area contributed by atoms with Crippen molar-refractivity contribution in [2.75, 3.05) is 59.8 Å². The Kier molecular flexibility index (Phi) is 16.3. The largest absolute Gasteiger partial charge is 0.439 e. The number of aromatic nitrogens is 2. The molecule has 4 aliphatic rings. The Morgan fingerprint density at radius 3 is 1.46 bits per heavy atom. The van der Waals surface area contributed by atoms with E-state index in [1.807, 2.05) is 36.4 Å². The molecular formula is C59H56N10O12. The quantitative estimate of drug-likeness (QED) is 0.0676. The lowest BCUT2D eigenvalue weighted by atomic mass is 9.99. The molecule has 0 aliphatic carbocycles. The smallest absolute Gasteiger partial charge is 0.384 e. The van der Waals surface area contributed by atoms with Crippen LogP contribution in [0.1, 0.15) is 48.5 Å². The zero-order valence-electron chi connectivity index (χ0n) is 43.5. The first kappa shape index (κ1) is 54.7. The molecule has 8 N–H and O–H groups in total. The summed E-state index contributed by atoms with van der Waals surface area (Å²) >= 11 is 0. The van der Waals surface area contributed by atoms with Crippen molar-refractivity contribution in [3.63, 3.8) is 0 Å². The molecule has 0 spiro atoms. The molecular weight excluding hydrogens is 1040 g/mol. The summed E-state index contributed by atoms with van der Waals surface area (Å²) in [4.78, 5) is 98.8. The van der Waals surface area contributed by atoms with Crippen LogP contribution >= 0.6 is 0 Å². The zero-order chi connectivity index (χ0) is 56.7. The molecule has 7 aromatic rings. The lowest BCUT2D eigenvalue weighted by Crippen LogP contribution is -2.55. The molecule has 22 heteroatoms. The van der Waals surface area contributed by atoms with E-state index < -0.39 is 53.8 Å². The van der Waals surface area contributed by atoms with Gasteiger partial charge in [0.05, 0.1) is 13.2 Å². The normalized spacial score (nSPS) is 17.6. The third kappa shape index (κ3) is 12.3. The topological polar surface area (TPSA) is 307 Å². The van der Waals surface area contributed by atoms with Gasteiger partial charge in [-0.25, -0.2) is 4.79 Å². The van der Waals surface area contributed by atoms with Gasteiger partial charge < -0.3 is 55.7 Å². The highest BCUT2D eigenvalue weighted by Crippen LogP contribution is 2.28. The van der Waals surface area contributed by atoms with Gasteiger partial charge >= 0.3 is 5.76 Å². The number of rotatable bonds is 12. The first-order valence-corrected chi connectivity index (χ1v) is 26.1. The molecule has 2 saturated heterocycles. The molecule has 414 valence electrons. The number of carbonyl (C=O) groups is 6. The van der Waals surface area contributed by atoms with Gasteiger partial charge in [-0.3, -0.25) is 43.7 Å². The Morgan fingerprint density at radius 1 is 0.580 bits per heavy atom. The molecule has 4 aliphatic heterocycles. The van der Waals surface area contributed by atoms with Gasteiger partial charge in [0, 0.05) is 84.3 Å². The lowest BCUT2D eigenvalue weighted by molar-refractivity contribution is -0.150. The SMILES string of the molecule is N=C(N)c1ccc(NC(=O)[C@H](O)[C@H]2OCCN(c3cccc(C(=O)N4CCc5ccccc5C4)c3)C2=O)cc1.O=C(Nc1ccc(-c2noc(=O)[nH]2)cc1)[C@H](O)[C@H]1OCCN(c2cccc(C(=O)N3CCc4ccccc4C3)c2)C1=O. The van der Waals surface area contributed by atoms with Crippen LogP contribution in [-0.2, 0) is 54.6 Å². The van der Waals surface area contributed by atoms with Crippen molar-refractivity contribution in [1.82, 2.24) is 19.9 Å². The van der Waals surface area contributed by atoms with Gasteiger partial charge in [0.25, 0.3) is 35.4 Å². The number of aliphatic hydroxyl groups is 2. The number of aliphatic hydroxyl groups excluding tert-OH is 2. The summed E-state index contributed by atoms with van der Waals surface area (Å²) in [5, 5.41) is 37.6. The highest BCUT2D eigenvalue weighted by atomic mass is 16.5. The average molecular weight is 1100 g/mol. The van der Waals surface area contributed by atoms with E-state index in [-0.39, 0.29) is 49.8 Å². The van der Waals surface area contributed by atoms with Gasteiger partial charge in [0.15, 0.2) is 30.2 Å². The fraction of sp³-hybridized carbons (Fsp3) is 0.237. The minimum absolute atomic E-state index is 0.0897. The fourth-order valence-electron chi connectivity index (χ4n) is 10.0. The van der Waals surface area contributed by atoms with Crippen LogP contribution in [-0.4, -0.2) is 135 Å². The van der Waals surface area contributed by atoms with Crippen molar-refractivity contribution in [1.29, 1.82) is 5.41 Å². The first-order chi connectivity index (χ1) is 39.2.